The number of ether oxygens (including phenoxy) is 1. The van der Waals surface area contributed by atoms with Gasteiger partial charge in [-0.3, -0.25) is 4.79 Å². The van der Waals surface area contributed by atoms with Crippen LogP contribution in [0.4, 0.5) is 0 Å². The Morgan fingerprint density at radius 3 is 2.29 bits per heavy atom. The molecule has 1 rings (SSSR count). The molecule has 0 aromatic rings. The predicted octanol–water partition coefficient (Wildman–Crippen LogP) is 1.29. The number of hydrogen-bond acceptors (Lipinski definition) is 3. The molecule has 1 N–H and O–H groups in total. The van der Waals surface area contributed by atoms with Crippen LogP contribution in [0.5, 0.6) is 0 Å². The fourth-order valence-electron chi connectivity index (χ4n) is 2.00. The number of cyclic esters (lactones) is 1. The summed E-state index contributed by atoms with van der Waals surface area (Å²) in [6, 6.07) is 0. The highest BCUT2D eigenvalue weighted by Crippen LogP contribution is 2.40. The van der Waals surface area contributed by atoms with Crippen molar-refractivity contribution in [3.05, 3.63) is 0 Å². The standard InChI is InChI=1S/C10H16O4/c1-5(2)7-6(3)10(4,9(12)13)14-8(7)11/h5-7H,1-4H3,(H,12,13). The lowest BCUT2D eigenvalue weighted by molar-refractivity contribution is -0.170. The van der Waals surface area contributed by atoms with Crippen LogP contribution < -0.4 is 0 Å². The molecule has 3 unspecified atom stereocenters. The van der Waals surface area contributed by atoms with Crippen LogP contribution in [0.1, 0.15) is 27.7 Å². The first kappa shape index (κ1) is 11.0. The minimum Gasteiger partial charge on any atom is -0.478 e. The Hall–Kier alpha value is -1.06. The zero-order valence-corrected chi connectivity index (χ0v) is 8.90. The maximum Gasteiger partial charge on any atom is 0.348 e. The molecule has 0 aromatic heterocycles. The molecular weight excluding hydrogens is 184 g/mol. The van der Waals surface area contributed by atoms with Crippen molar-refractivity contribution >= 4 is 11.9 Å². The molecule has 14 heavy (non-hydrogen) atoms. The molecule has 0 bridgehead atoms. The first-order chi connectivity index (χ1) is 6.30. The van der Waals surface area contributed by atoms with E-state index in [1.54, 1.807) is 6.92 Å². The van der Waals surface area contributed by atoms with E-state index in [4.69, 9.17) is 9.84 Å². The molecule has 0 aliphatic carbocycles. The van der Waals surface area contributed by atoms with Crippen LogP contribution in [0.25, 0.3) is 0 Å². The largest absolute Gasteiger partial charge is 0.478 e. The first-order valence-corrected chi connectivity index (χ1v) is 4.77. The quantitative estimate of drug-likeness (QED) is 0.682. The molecule has 1 saturated heterocycles. The van der Waals surface area contributed by atoms with E-state index in [1.807, 2.05) is 13.8 Å². The lowest BCUT2D eigenvalue weighted by Crippen LogP contribution is -2.41. The molecule has 3 atom stereocenters. The maximum atomic E-state index is 11.5. The Labute approximate surface area is 83.2 Å². The van der Waals surface area contributed by atoms with Crippen molar-refractivity contribution in [2.45, 2.75) is 33.3 Å². The fraction of sp³-hybridized carbons (Fsp3) is 0.800. The van der Waals surface area contributed by atoms with Crippen molar-refractivity contribution in [2.24, 2.45) is 17.8 Å². The van der Waals surface area contributed by atoms with Crippen molar-refractivity contribution in [3.63, 3.8) is 0 Å². The second kappa shape index (κ2) is 3.26. The molecule has 1 heterocycles. The average molecular weight is 200 g/mol. The van der Waals surface area contributed by atoms with Gasteiger partial charge in [-0.1, -0.05) is 20.8 Å². The molecule has 80 valence electrons. The third-order valence-corrected chi connectivity index (χ3v) is 3.14. The van der Waals surface area contributed by atoms with Crippen molar-refractivity contribution < 1.29 is 19.4 Å². The molecule has 0 spiro atoms. The smallest absolute Gasteiger partial charge is 0.348 e. The fourth-order valence-corrected chi connectivity index (χ4v) is 2.00. The summed E-state index contributed by atoms with van der Waals surface area (Å²) in [6.07, 6.45) is 0. The third kappa shape index (κ3) is 1.38. The van der Waals surface area contributed by atoms with Crippen LogP contribution in [-0.4, -0.2) is 22.6 Å². The van der Waals surface area contributed by atoms with E-state index >= 15 is 0 Å². The van der Waals surface area contributed by atoms with Gasteiger partial charge < -0.3 is 9.84 Å². The lowest BCUT2D eigenvalue weighted by atomic mass is 9.78. The second-order valence-corrected chi connectivity index (χ2v) is 4.39. The first-order valence-electron chi connectivity index (χ1n) is 4.77. The van der Waals surface area contributed by atoms with Gasteiger partial charge >= 0.3 is 11.9 Å². The van der Waals surface area contributed by atoms with Crippen molar-refractivity contribution in [3.8, 4) is 0 Å². The van der Waals surface area contributed by atoms with Crippen molar-refractivity contribution in [1.82, 2.24) is 0 Å². The Bertz CT molecular complexity index is 271. The van der Waals surface area contributed by atoms with Gasteiger partial charge in [0.05, 0.1) is 5.92 Å². The number of carboxylic acid groups (broad SMARTS) is 1. The molecule has 0 amide bonds. The second-order valence-electron chi connectivity index (χ2n) is 4.39. The van der Waals surface area contributed by atoms with Crippen LogP contribution in [0.2, 0.25) is 0 Å². The Morgan fingerprint density at radius 1 is 1.57 bits per heavy atom. The van der Waals surface area contributed by atoms with E-state index in [2.05, 4.69) is 0 Å². The molecule has 0 radical (unpaired) electrons. The zero-order valence-electron chi connectivity index (χ0n) is 8.90. The van der Waals surface area contributed by atoms with Gasteiger partial charge in [0.1, 0.15) is 0 Å². The summed E-state index contributed by atoms with van der Waals surface area (Å²) in [4.78, 5) is 22.4. The van der Waals surface area contributed by atoms with Crippen LogP contribution >= 0.6 is 0 Å². The van der Waals surface area contributed by atoms with Gasteiger partial charge in [0.15, 0.2) is 0 Å². The molecule has 1 fully saturated rings. The Morgan fingerprint density at radius 2 is 2.07 bits per heavy atom. The molecule has 0 saturated carbocycles. The van der Waals surface area contributed by atoms with E-state index in [0.29, 0.717) is 0 Å². The van der Waals surface area contributed by atoms with E-state index in [0.717, 1.165) is 0 Å². The van der Waals surface area contributed by atoms with Crippen LogP contribution in [0.15, 0.2) is 0 Å². The monoisotopic (exact) mass is 200 g/mol. The minimum absolute atomic E-state index is 0.110. The van der Waals surface area contributed by atoms with Crippen LogP contribution in [0, 0.1) is 17.8 Å². The molecule has 0 aromatic carbocycles. The number of esters is 1. The van der Waals surface area contributed by atoms with E-state index in [9.17, 15) is 9.59 Å². The SMILES string of the molecule is CC(C)C1C(=O)OC(C)(C(=O)O)C1C. The number of rotatable bonds is 2. The van der Waals surface area contributed by atoms with Gasteiger partial charge in [-0.2, -0.15) is 0 Å². The highest BCUT2D eigenvalue weighted by Gasteiger charge is 2.55. The molecule has 1 aliphatic heterocycles. The summed E-state index contributed by atoms with van der Waals surface area (Å²) in [5.41, 5.74) is -1.36. The summed E-state index contributed by atoms with van der Waals surface area (Å²) >= 11 is 0. The van der Waals surface area contributed by atoms with Crippen molar-refractivity contribution in [2.75, 3.05) is 0 Å². The maximum absolute atomic E-state index is 11.5. The third-order valence-electron chi connectivity index (χ3n) is 3.14. The van der Waals surface area contributed by atoms with Gasteiger partial charge in [-0.05, 0) is 12.8 Å². The summed E-state index contributed by atoms with van der Waals surface area (Å²) in [5.74, 6) is -1.94. The van der Waals surface area contributed by atoms with Gasteiger partial charge in [-0.15, -0.1) is 0 Å². The van der Waals surface area contributed by atoms with E-state index in [1.165, 1.54) is 6.92 Å². The summed E-state index contributed by atoms with van der Waals surface area (Å²) in [6.45, 7) is 7.01. The van der Waals surface area contributed by atoms with Gasteiger partial charge in [0.2, 0.25) is 5.60 Å². The lowest BCUT2D eigenvalue weighted by Gasteiger charge is -2.24. The number of hydrogen-bond donors (Lipinski definition) is 1. The van der Waals surface area contributed by atoms with Crippen LogP contribution in [0.3, 0.4) is 0 Å². The topological polar surface area (TPSA) is 63.6 Å². The van der Waals surface area contributed by atoms with E-state index in [-0.39, 0.29) is 17.8 Å². The summed E-state index contributed by atoms with van der Waals surface area (Å²) in [5, 5.41) is 8.98. The summed E-state index contributed by atoms with van der Waals surface area (Å²) in [7, 11) is 0. The highest BCUT2D eigenvalue weighted by atomic mass is 16.6. The molecule has 1 aliphatic rings. The number of carbonyl (C=O) groups is 2. The van der Waals surface area contributed by atoms with E-state index < -0.39 is 17.5 Å². The highest BCUT2D eigenvalue weighted by molar-refractivity contribution is 5.87. The molecule has 4 heteroatoms. The number of carbonyl (C=O) groups excluding carboxylic acids is 1. The Balaban J connectivity index is 3.00. The average Bonchev–Trinajstić information content (AvgIpc) is 2.24. The number of aliphatic carboxylic acids is 1. The molecular formula is C10H16O4. The minimum atomic E-state index is -1.36. The van der Waals surface area contributed by atoms with Gasteiger partial charge in [0, 0.05) is 5.92 Å². The van der Waals surface area contributed by atoms with Gasteiger partial charge in [-0.25, -0.2) is 4.79 Å². The zero-order chi connectivity index (χ0) is 11.1. The normalized spacial score (nSPS) is 37.4. The number of carboxylic acids is 1. The van der Waals surface area contributed by atoms with Crippen molar-refractivity contribution in [1.29, 1.82) is 0 Å². The van der Waals surface area contributed by atoms with Gasteiger partial charge in [0.25, 0.3) is 0 Å². The summed E-state index contributed by atoms with van der Waals surface area (Å²) < 4.78 is 4.96. The Kier molecular flexibility index (Phi) is 2.56. The predicted molar refractivity (Wildman–Crippen MR) is 49.6 cm³/mol. The van der Waals surface area contributed by atoms with Crippen LogP contribution in [-0.2, 0) is 14.3 Å². The molecule has 4 nitrogen and oxygen atoms in total.